The fraction of sp³-hybridized carbons (Fsp3) is 0.136. The maximum atomic E-state index is 12.9. The molecule has 3 aromatic rings. The van der Waals surface area contributed by atoms with Gasteiger partial charge in [-0.25, -0.2) is 8.42 Å². The molecule has 0 bridgehead atoms. The van der Waals surface area contributed by atoms with Gasteiger partial charge in [0.1, 0.15) is 11.5 Å². The van der Waals surface area contributed by atoms with Gasteiger partial charge in [-0.05, 0) is 36.4 Å². The molecule has 0 saturated heterocycles. The molecule has 1 amide bonds. The van der Waals surface area contributed by atoms with Gasteiger partial charge in [-0.15, -0.1) is 0 Å². The Morgan fingerprint density at radius 3 is 1.96 bits per heavy atom. The lowest BCUT2D eigenvalue weighted by atomic mass is 9.94. The first kappa shape index (κ1) is 18.3. The van der Waals surface area contributed by atoms with E-state index in [1.807, 2.05) is 48.5 Å². The van der Waals surface area contributed by atoms with Crippen molar-refractivity contribution < 1.29 is 17.9 Å². The molecular formula is C22H19NO4S. The van der Waals surface area contributed by atoms with E-state index in [2.05, 4.69) is 5.32 Å². The Hall–Kier alpha value is -3.12. The van der Waals surface area contributed by atoms with Crippen LogP contribution in [0.3, 0.4) is 0 Å². The molecule has 0 unspecified atom stereocenters. The summed E-state index contributed by atoms with van der Waals surface area (Å²) in [6, 6.07) is 20.8. The Morgan fingerprint density at radius 2 is 1.43 bits per heavy atom. The Kier molecular flexibility index (Phi) is 4.65. The second-order valence-electron chi connectivity index (χ2n) is 6.51. The number of carbonyl (C=O) groups is 1. The third-order valence-corrected chi connectivity index (χ3v) is 6.56. The van der Waals surface area contributed by atoms with Crippen molar-refractivity contribution in [1.29, 1.82) is 0 Å². The summed E-state index contributed by atoms with van der Waals surface area (Å²) < 4.78 is 29.9. The van der Waals surface area contributed by atoms with E-state index in [-0.39, 0.29) is 22.6 Å². The highest BCUT2D eigenvalue weighted by molar-refractivity contribution is 7.91. The number of rotatable bonds is 4. The number of hydrogen-bond acceptors (Lipinski definition) is 4. The summed E-state index contributed by atoms with van der Waals surface area (Å²) in [6.07, 6.45) is 0. The molecule has 4 rings (SSSR count). The van der Waals surface area contributed by atoms with Crippen molar-refractivity contribution in [3.63, 3.8) is 0 Å². The summed E-state index contributed by atoms with van der Waals surface area (Å²) in [5, 5.41) is 3.05. The van der Waals surface area contributed by atoms with Crippen LogP contribution < -0.4 is 10.1 Å². The fourth-order valence-electron chi connectivity index (χ4n) is 3.26. The monoisotopic (exact) mass is 393 g/mol. The summed E-state index contributed by atoms with van der Waals surface area (Å²) in [6.45, 7) is 1.59. The van der Waals surface area contributed by atoms with Gasteiger partial charge < -0.3 is 10.1 Å². The molecule has 0 aliphatic carbocycles. The molecule has 6 heteroatoms. The van der Waals surface area contributed by atoms with Crippen LogP contribution in [0.5, 0.6) is 11.5 Å². The molecule has 5 nitrogen and oxygen atoms in total. The maximum Gasteiger partial charge on any atom is 0.252 e. The minimum atomic E-state index is -3.30. The first-order chi connectivity index (χ1) is 13.5. The number of sulfone groups is 1. The quantitative estimate of drug-likeness (QED) is 0.724. The van der Waals surface area contributed by atoms with E-state index in [1.54, 1.807) is 6.92 Å². The molecule has 0 saturated carbocycles. The van der Waals surface area contributed by atoms with Crippen molar-refractivity contribution in [2.75, 3.05) is 5.75 Å². The normalized spacial score (nSPS) is 13.2. The lowest BCUT2D eigenvalue weighted by Gasteiger charge is -2.28. The topological polar surface area (TPSA) is 72.5 Å². The van der Waals surface area contributed by atoms with Gasteiger partial charge in [0.05, 0.1) is 16.7 Å². The van der Waals surface area contributed by atoms with Crippen LogP contribution in [0.15, 0.2) is 77.7 Å². The fourth-order valence-corrected chi connectivity index (χ4v) is 4.14. The molecule has 1 aliphatic heterocycles. The number of hydrogen-bond donors (Lipinski definition) is 1. The van der Waals surface area contributed by atoms with Gasteiger partial charge in [0.15, 0.2) is 9.84 Å². The van der Waals surface area contributed by atoms with Crippen LogP contribution >= 0.6 is 0 Å². The molecule has 28 heavy (non-hydrogen) atoms. The van der Waals surface area contributed by atoms with Crippen LogP contribution in [-0.2, 0) is 9.84 Å². The second-order valence-corrected chi connectivity index (χ2v) is 8.79. The molecule has 1 N–H and O–H groups in total. The zero-order valence-corrected chi connectivity index (χ0v) is 16.1. The zero-order valence-electron chi connectivity index (χ0n) is 15.3. The molecule has 0 spiro atoms. The minimum Gasteiger partial charge on any atom is -0.457 e. The summed E-state index contributed by atoms with van der Waals surface area (Å²) in [5.41, 5.74) is 2.15. The smallest absolute Gasteiger partial charge is 0.252 e. The highest BCUT2D eigenvalue weighted by Crippen LogP contribution is 2.42. The van der Waals surface area contributed by atoms with Gasteiger partial charge in [0.25, 0.3) is 5.91 Å². The lowest BCUT2D eigenvalue weighted by molar-refractivity contribution is 0.0941. The predicted molar refractivity (Wildman–Crippen MR) is 106 cm³/mol. The molecule has 3 aromatic carbocycles. The van der Waals surface area contributed by atoms with Crippen molar-refractivity contribution in [2.45, 2.75) is 17.9 Å². The summed E-state index contributed by atoms with van der Waals surface area (Å²) in [7, 11) is -3.30. The van der Waals surface area contributed by atoms with E-state index in [4.69, 9.17) is 4.74 Å². The summed E-state index contributed by atoms with van der Waals surface area (Å²) in [5.74, 6) is 1.15. The van der Waals surface area contributed by atoms with Crippen LogP contribution in [0, 0.1) is 0 Å². The van der Waals surface area contributed by atoms with Crippen LogP contribution in [0.25, 0.3) is 0 Å². The largest absolute Gasteiger partial charge is 0.457 e. The summed E-state index contributed by atoms with van der Waals surface area (Å²) in [4.78, 5) is 13.1. The third kappa shape index (κ3) is 3.27. The van der Waals surface area contributed by atoms with Crippen molar-refractivity contribution in [2.24, 2.45) is 0 Å². The van der Waals surface area contributed by atoms with Crippen molar-refractivity contribution >= 4 is 15.7 Å². The Labute approximate surface area is 163 Å². The van der Waals surface area contributed by atoms with Crippen LogP contribution in [0.2, 0.25) is 0 Å². The van der Waals surface area contributed by atoms with Crippen LogP contribution in [-0.4, -0.2) is 20.1 Å². The van der Waals surface area contributed by atoms with Gasteiger partial charge in [0.2, 0.25) is 0 Å². The standard InChI is InChI=1S/C22H19NO4S/c1-2-28(25,26)16-13-11-15(12-14-16)22(24)23-21-17-7-3-5-9-19(17)27-20-10-6-4-8-18(20)21/h3-14,21H,2H2,1H3,(H,23,24). The highest BCUT2D eigenvalue weighted by atomic mass is 32.2. The van der Waals surface area contributed by atoms with E-state index in [9.17, 15) is 13.2 Å². The summed E-state index contributed by atoms with van der Waals surface area (Å²) >= 11 is 0. The van der Waals surface area contributed by atoms with Gasteiger partial charge in [-0.2, -0.15) is 0 Å². The lowest BCUT2D eigenvalue weighted by Crippen LogP contribution is -2.31. The molecule has 1 aliphatic rings. The zero-order chi connectivity index (χ0) is 19.7. The Bertz CT molecular complexity index is 1090. The Balaban J connectivity index is 1.65. The molecule has 0 radical (unpaired) electrons. The molecule has 0 atom stereocenters. The minimum absolute atomic E-state index is 0.0220. The number of benzene rings is 3. The number of para-hydroxylation sites is 2. The first-order valence-corrected chi connectivity index (χ1v) is 10.6. The van der Waals surface area contributed by atoms with Gasteiger partial charge >= 0.3 is 0 Å². The molecule has 1 heterocycles. The second kappa shape index (κ2) is 7.13. The number of carbonyl (C=O) groups excluding carboxylic acids is 1. The molecule has 0 aromatic heterocycles. The van der Waals surface area contributed by atoms with E-state index >= 15 is 0 Å². The average molecular weight is 393 g/mol. The highest BCUT2D eigenvalue weighted by Gasteiger charge is 2.28. The molecular weight excluding hydrogens is 374 g/mol. The van der Waals surface area contributed by atoms with Gasteiger partial charge in [-0.1, -0.05) is 43.3 Å². The molecule has 0 fully saturated rings. The van der Waals surface area contributed by atoms with Crippen molar-refractivity contribution in [1.82, 2.24) is 5.32 Å². The van der Waals surface area contributed by atoms with Crippen LogP contribution in [0.4, 0.5) is 0 Å². The van der Waals surface area contributed by atoms with Gasteiger partial charge in [-0.3, -0.25) is 4.79 Å². The van der Waals surface area contributed by atoms with Crippen molar-refractivity contribution in [3.8, 4) is 11.5 Å². The van der Waals surface area contributed by atoms with E-state index in [1.165, 1.54) is 24.3 Å². The van der Waals surface area contributed by atoms with E-state index in [0.29, 0.717) is 17.1 Å². The number of ether oxygens (including phenoxy) is 1. The maximum absolute atomic E-state index is 12.9. The number of nitrogens with one attached hydrogen (secondary N) is 1. The first-order valence-electron chi connectivity index (χ1n) is 8.99. The number of amides is 1. The van der Waals surface area contributed by atoms with E-state index < -0.39 is 9.84 Å². The van der Waals surface area contributed by atoms with Crippen LogP contribution in [0.1, 0.15) is 34.5 Å². The number of fused-ring (bicyclic) bond motifs is 2. The SMILES string of the molecule is CCS(=O)(=O)c1ccc(C(=O)NC2c3ccccc3Oc3ccccc32)cc1. The third-order valence-electron chi connectivity index (χ3n) is 4.81. The molecule has 142 valence electrons. The predicted octanol–water partition coefficient (Wildman–Crippen LogP) is 4.11. The van der Waals surface area contributed by atoms with Crippen molar-refractivity contribution in [3.05, 3.63) is 89.5 Å². The van der Waals surface area contributed by atoms with Gasteiger partial charge in [0, 0.05) is 16.7 Å². The van der Waals surface area contributed by atoms with E-state index in [0.717, 1.165) is 11.1 Å². The average Bonchev–Trinajstić information content (AvgIpc) is 2.73. The Morgan fingerprint density at radius 1 is 0.893 bits per heavy atom.